The van der Waals surface area contributed by atoms with Gasteiger partial charge in [-0.2, -0.15) is 0 Å². The summed E-state index contributed by atoms with van der Waals surface area (Å²) in [5.74, 6) is -0.700. The van der Waals surface area contributed by atoms with E-state index in [1.165, 1.54) is 5.56 Å². The quantitative estimate of drug-likeness (QED) is 0.922. The maximum atomic E-state index is 12.2. The molecule has 108 valence electrons. The Balaban J connectivity index is 1.96. The summed E-state index contributed by atoms with van der Waals surface area (Å²) >= 11 is 0. The Labute approximate surface area is 119 Å². The first kappa shape index (κ1) is 14.6. The van der Waals surface area contributed by atoms with Gasteiger partial charge in [-0.05, 0) is 23.1 Å². The van der Waals surface area contributed by atoms with Crippen LogP contribution in [0.3, 0.4) is 0 Å². The van der Waals surface area contributed by atoms with Crippen LogP contribution in [-0.4, -0.2) is 35.0 Å². The molecule has 1 aliphatic rings. The monoisotopic (exact) mass is 275 g/mol. The number of benzene rings is 1. The summed E-state index contributed by atoms with van der Waals surface area (Å²) in [4.78, 5) is 24.5. The number of hydrogen-bond donors (Lipinski definition) is 1. The zero-order valence-electron chi connectivity index (χ0n) is 12.2. The van der Waals surface area contributed by atoms with Gasteiger partial charge in [0.05, 0.1) is 6.42 Å². The molecule has 0 radical (unpaired) electrons. The van der Waals surface area contributed by atoms with Crippen LogP contribution in [0, 0.1) is 5.92 Å². The van der Waals surface area contributed by atoms with E-state index >= 15 is 0 Å². The van der Waals surface area contributed by atoms with E-state index < -0.39 is 5.97 Å². The number of carboxylic acid groups (broad SMARTS) is 1. The maximum Gasteiger partial charge on any atom is 0.303 e. The normalized spacial score (nSPS) is 15.8. The largest absolute Gasteiger partial charge is 0.481 e. The van der Waals surface area contributed by atoms with Gasteiger partial charge in [-0.3, -0.25) is 9.59 Å². The highest BCUT2D eigenvalue weighted by Crippen LogP contribution is 2.24. The second-order valence-corrected chi connectivity index (χ2v) is 6.50. The van der Waals surface area contributed by atoms with Gasteiger partial charge in [0.2, 0.25) is 0 Å². The van der Waals surface area contributed by atoms with Crippen LogP contribution < -0.4 is 0 Å². The Hall–Kier alpha value is -1.84. The van der Waals surface area contributed by atoms with Gasteiger partial charge in [-0.15, -0.1) is 0 Å². The number of likely N-dealkylation sites (tertiary alicyclic amines) is 1. The number of carbonyl (C=O) groups excluding carboxylic acids is 1. The third-order valence-electron chi connectivity index (χ3n) is 3.71. The highest BCUT2D eigenvalue weighted by Gasteiger charge is 2.32. The molecule has 0 aliphatic carbocycles. The molecule has 0 atom stereocenters. The first-order valence-electron chi connectivity index (χ1n) is 6.89. The summed E-state index contributed by atoms with van der Waals surface area (Å²) in [6.45, 7) is 7.50. The predicted molar refractivity (Wildman–Crippen MR) is 76.8 cm³/mol. The second-order valence-electron chi connectivity index (χ2n) is 6.50. The van der Waals surface area contributed by atoms with E-state index in [1.807, 2.05) is 24.3 Å². The van der Waals surface area contributed by atoms with Gasteiger partial charge in [0.1, 0.15) is 0 Å². The molecule has 4 nitrogen and oxygen atoms in total. The molecule has 1 heterocycles. The molecule has 1 fully saturated rings. The molecule has 1 N–H and O–H groups in total. The molecule has 0 spiro atoms. The van der Waals surface area contributed by atoms with E-state index in [9.17, 15) is 9.59 Å². The lowest BCUT2D eigenvalue weighted by Crippen LogP contribution is -2.50. The van der Waals surface area contributed by atoms with Gasteiger partial charge in [-0.1, -0.05) is 32.9 Å². The molecule has 0 aromatic heterocycles. The van der Waals surface area contributed by atoms with Crippen molar-refractivity contribution >= 4 is 11.9 Å². The molecule has 0 bridgehead atoms. The molecule has 1 amide bonds. The van der Waals surface area contributed by atoms with Crippen LogP contribution in [0.4, 0.5) is 0 Å². The van der Waals surface area contributed by atoms with Gasteiger partial charge in [0.15, 0.2) is 0 Å². The Kier molecular flexibility index (Phi) is 3.84. The Morgan fingerprint density at radius 1 is 1.20 bits per heavy atom. The van der Waals surface area contributed by atoms with Crippen LogP contribution in [0.25, 0.3) is 0 Å². The van der Waals surface area contributed by atoms with Crippen molar-refractivity contribution < 1.29 is 14.7 Å². The second kappa shape index (κ2) is 5.27. The molecule has 20 heavy (non-hydrogen) atoms. The number of aliphatic carboxylic acids is 1. The van der Waals surface area contributed by atoms with Crippen molar-refractivity contribution in [2.45, 2.75) is 32.6 Å². The van der Waals surface area contributed by atoms with Crippen molar-refractivity contribution in [1.82, 2.24) is 4.90 Å². The van der Waals surface area contributed by atoms with Crippen LogP contribution >= 0.6 is 0 Å². The summed E-state index contributed by atoms with van der Waals surface area (Å²) in [5, 5.41) is 8.69. The van der Waals surface area contributed by atoms with Crippen molar-refractivity contribution in [3.63, 3.8) is 0 Å². The van der Waals surface area contributed by atoms with Crippen molar-refractivity contribution in [3.05, 3.63) is 35.4 Å². The maximum absolute atomic E-state index is 12.2. The Bertz CT molecular complexity index is 508. The molecule has 1 saturated heterocycles. The summed E-state index contributed by atoms with van der Waals surface area (Å²) in [5.41, 5.74) is 1.94. The first-order chi connectivity index (χ1) is 9.27. The third kappa shape index (κ3) is 3.18. The number of carbonyl (C=O) groups is 2. The van der Waals surface area contributed by atoms with Crippen molar-refractivity contribution in [3.8, 4) is 0 Å². The van der Waals surface area contributed by atoms with E-state index in [-0.39, 0.29) is 23.7 Å². The minimum atomic E-state index is -0.795. The van der Waals surface area contributed by atoms with Gasteiger partial charge in [0, 0.05) is 24.6 Å². The molecule has 1 aromatic carbocycles. The van der Waals surface area contributed by atoms with E-state index in [2.05, 4.69) is 20.8 Å². The van der Waals surface area contributed by atoms with E-state index in [0.29, 0.717) is 18.7 Å². The molecule has 0 saturated carbocycles. The minimum Gasteiger partial charge on any atom is -0.481 e. The van der Waals surface area contributed by atoms with E-state index in [0.717, 1.165) is 0 Å². The lowest BCUT2D eigenvalue weighted by atomic mass is 9.86. The number of rotatable bonds is 3. The average Bonchev–Trinajstić information content (AvgIpc) is 2.31. The van der Waals surface area contributed by atoms with E-state index in [1.54, 1.807) is 4.90 Å². The zero-order valence-corrected chi connectivity index (χ0v) is 12.2. The fourth-order valence-electron chi connectivity index (χ4n) is 2.41. The van der Waals surface area contributed by atoms with Gasteiger partial charge < -0.3 is 10.0 Å². The highest BCUT2D eigenvalue weighted by atomic mass is 16.4. The van der Waals surface area contributed by atoms with Gasteiger partial charge >= 0.3 is 5.97 Å². The fourth-order valence-corrected chi connectivity index (χ4v) is 2.41. The van der Waals surface area contributed by atoms with Crippen LogP contribution in [0.2, 0.25) is 0 Å². The molecule has 1 aliphatic heterocycles. The topological polar surface area (TPSA) is 57.6 Å². The van der Waals surface area contributed by atoms with Crippen LogP contribution in [0.1, 0.15) is 43.1 Å². The predicted octanol–water partition coefficient (Wildman–Crippen LogP) is 2.53. The molecular formula is C16H21NO3. The standard InChI is InChI=1S/C16H21NO3/c1-16(2,3)13-6-4-12(5-7-13)15(20)17-9-11(10-17)8-14(18)19/h4-7,11H,8-10H2,1-3H3,(H,18,19). The summed E-state index contributed by atoms with van der Waals surface area (Å²) < 4.78 is 0. The van der Waals surface area contributed by atoms with E-state index in [4.69, 9.17) is 5.11 Å². The molecule has 0 unspecified atom stereocenters. The number of amides is 1. The number of nitrogens with zero attached hydrogens (tertiary/aromatic N) is 1. The summed E-state index contributed by atoms with van der Waals surface area (Å²) in [6, 6.07) is 7.68. The van der Waals surface area contributed by atoms with Gasteiger partial charge in [0.25, 0.3) is 5.91 Å². The Morgan fingerprint density at radius 2 is 1.75 bits per heavy atom. The molecule has 2 rings (SSSR count). The minimum absolute atomic E-state index is 0.00732. The lowest BCUT2D eigenvalue weighted by Gasteiger charge is -2.38. The number of hydrogen-bond acceptors (Lipinski definition) is 2. The van der Waals surface area contributed by atoms with Crippen LogP contribution in [0.15, 0.2) is 24.3 Å². The molecule has 4 heteroatoms. The molecule has 1 aromatic rings. The first-order valence-corrected chi connectivity index (χ1v) is 6.89. The summed E-state index contributed by atoms with van der Waals surface area (Å²) in [7, 11) is 0. The lowest BCUT2D eigenvalue weighted by molar-refractivity contribution is -0.139. The van der Waals surface area contributed by atoms with Crippen molar-refractivity contribution in [2.75, 3.05) is 13.1 Å². The average molecular weight is 275 g/mol. The molecular weight excluding hydrogens is 254 g/mol. The fraction of sp³-hybridized carbons (Fsp3) is 0.500. The smallest absolute Gasteiger partial charge is 0.303 e. The van der Waals surface area contributed by atoms with Crippen molar-refractivity contribution in [2.24, 2.45) is 5.92 Å². The zero-order chi connectivity index (χ0) is 14.9. The van der Waals surface area contributed by atoms with Gasteiger partial charge in [-0.25, -0.2) is 0 Å². The summed E-state index contributed by atoms with van der Waals surface area (Å²) in [6.07, 6.45) is 0.146. The van der Waals surface area contributed by atoms with Crippen LogP contribution in [0.5, 0.6) is 0 Å². The SMILES string of the molecule is CC(C)(C)c1ccc(C(=O)N2CC(CC(=O)O)C2)cc1. The third-order valence-corrected chi connectivity index (χ3v) is 3.71. The Morgan fingerprint density at radius 3 is 2.20 bits per heavy atom. The van der Waals surface area contributed by atoms with Crippen LogP contribution in [-0.2, 0) is 10.2 Å². The number of carboxylic acids is 1. The van der Waals surface area contributed by atoms with Crippen molar-refractivity contribution in [1.29, 1.82) is 0 Å². The highest BCUT2D eigenvalue weighted by molar-refractivity contribution is 5.94.